The van der Waals surface area contributed by atoms with Crippen LogP contribution in [0.3, 0.4) is 0 Å². The molecule has 1 aromatic heterocycles. The van der Waals surface area contributed by atoms with Gasteiger partial charge in [0, 0.05) is 36.9 Å². The van der Waals surface area contributed by atoms with Crippen molar-refractivity contribution in [2.45, 2.75) is 25.3 Å². The normalized spacial score (nSPS) is 23.0. The van der Waals surface area contributed by atoms with Crippen LogP contribution in [0.1, 0.15) is 19.3 Å². The molecule has 1 aromatic carbocycles. The minimum absolute atomic E-state index is 0.720. The van der Waals surface area contributed by atoms with Gasteiger partial charge in [0.05, 0.1) is 6.26 Å². The number of nitrogens with zero attached hydrogens (tertiary/aromatic N) is 2. The van der Waals surface area contributed by atoms with Crippen molar-refractivity contribution in [3.63, 3.8) is 0 Å². The molecule has 0 aliphatic carbocycles. The van der Waals surface area contributed by atoms with Crippen molar-refractivity contribution in [1.82, 2.24) is 4.90 Å². The summed E-state index contributed by atoms with van der Waals surface area (Å²) in [6, 6.07) is 13.4. The average Bonchev–Trinajstić information content (AvgIpc) is 3.34. The van der Waals surface area contributed by atoms with Crippen LogP contribution in [0.2, 0.25) is 0 Å². The lowest BCUT2D eigenvalue weighted by atomic mass is 10.0. The van der Waals surface area contributed by atoms with Gasteiger partial charge < -0.3 is 15.1 Å². The number of piperidine rings is 1. The van der Waals surface area contributed by atoms with E-state index in [0.29, 0.717) is 0 Å². The number of rotatable bonds is 4. The summed E-state index contributed by atoms with van der Waals surface area (Å²) in [5.74, 6) is 1.65. The number of likely N-dealkylation sites (tertiary alicyclic amines) is 1. The fraction of sp³-hybridized carbons (Fsp3) is 0.500. The van der Waals surface area contributed by atoms with Crippen molar-refractivity contribution in [2.24, 2.45) is 11.7 Å². The molecule has 2 aliphatic heterocycles. The maximum atomic E-state index is 5.83. The second-order valence-electron chi connectivity index (χ2n) is 7.13. The van der Waals surface area contributed by atoms with Gasteiger partial charge >= 0.3 is 0 Å². The Balaban J connectivity index is 1.34. The molecule has 4 rings (SSSR count). The van der Waals surface area contributed by atoms with Gasteiger partial charge in [-0.2, -0.15) is 0 Å². The molecular weight excluding hydrogens is 298 g/mol. The number of hydrogen-bond donors (Lipinski definition) is 1. The summed E-state index contributed by atoms with van der Waals surface area (Å²) in [4.78, 5) is 5.19. The highest BCUT2D eigenvalue weighted by Gasteiger charge is 2.30. The third-order valence-electron chi connectivity index (χ3n) is 5.67. The Hall–Kier alpha value is -1.78. The average molecular weight is 325 g/mol. The van der Waals surface area contributed by atoms with E-state index in [4.69, 9.17) is 10.2 Å². The van der Waals surface area contributed by atoms with Crippen LogP contribution >= 0.6 is 0 Å². The van der Waals surface area contributed by atoms with E-state index in [1.165, 1.54) is 38.0 Å². The van der Waals surface area contributed by atoms with Gasteiger partial charge in [-0.05, 0) is 74.7 Å². The Morgan fingerprint density at radius 1 is 1.00 bits per heavy atom. The molecular formula is C20H27N3O. The topological polar surface area (TPSA) is 45.6 Å². The summed E-state index contributed by atoms with van der Waals surface area (Å²) < 4.78 is 5.47. The Morgan fingerprint density at radius 3 is 2.42 bits per heavy atom. The van der Waals surface area contributed by atoms with Gasteiger partial charge in [0.15, 0.2) is 0 Å². The highest BCUT2D eigenvalue weighted by Crippen LogP contribution is 2.28. The molecule has 0 radical (unpaired) electrons. The molecule has 2 fully saturated rings. The van der Waals surface area contributed by atoms with Crippen LogP contribution in [0.5, 0.6) is 0 Å². The molecule has 4 nitrogen and oxygen atoms in total. The number of hydrogen-bond acceptors (Lipinski definition) is 4. The van der Waals surface area contributed by atoms with E-state index in [1.807, 2.05) is 12.1 Å². The zero-order chi connectivity index (χ0) is 16.4. The lowest BCUT2D eigenvalue weighted by Gasteiger charge is -2.38. The highest BCUT2D eigenvalue weighted by atomic mass is 16.3. The largest absolute Gasteiger partial charge is 0.464 e. The van der Waals surface area contributed by atoms with E-state index in [9.17, 15) is 0 Å². The van der Waals surface area contributed by atoms with E-state index in [-0.39, 0.29) is 0 Å². The minimum Gasteiger partial charge on any atom is -0.464 e. The van der Waals surface area contributed by atoms with Gasteiger partial charge in [0.1, 0.15) is 5.76 Å². The fourth-order valence-corrected chi connectivity index (χ4v) is 4.16. The maximum absolute atomic E-state index is 5.83. The van der Waals surface area contributed by atoms with Gasteiger partial charge in [-0.1, -0.05) is 0 Å². The van der Waals surface area contributed by atoms with Gasteiger partial charge in [0.25, 0.3) is 0 Å². The summed E-state index contributed by atoms with van der Waals surface area (Å²) in [7, 11) is 0. The molecule has 2 aliphatic rings. The molecule has 2 saturated heterocycles. The monoisotopic (exact) mass is 325 g/mol. The van der Waals surface area contributed by atoms with E-state index < -0.39 is 0 Å². The summed E-state index contributed by atoms with van der Waals surface area (Å²) in [5, 5.41) is 0. The zero-order valence-electron chi connectivity index (χ0n) is 14.2. The van der Waals surface area contributed by atoms with Crippen molar-refractivity contribution in [3.8, 4) is 11.3 Å². The standard InChI is InChI=1S/C20H27N3O/c21-14-16-7-10-23(15-16)19-8-11-22(12-9-19)18-5-3-17(4-6-18)20-2-1-13-24-20/h1-6,13,16,19H,7-12,14-15,21H2/t16-/m0/s1. The third-order valence-corrected chi connectivity index (χ3v) is 5.67. The second kappa shape index (κ2) is 6.99. The first kappa shape index (κ1) is 15.7. The molecule has 0 unspecified atom stereocenters. The van der Waals surface area contributed by atoms with Crippen LogP contribution in [0, 0.1) is 5.92 Å². The highest BCUT2D eigenvalue weighted by molar-refractivity contribution is 5.61. The van der Waals surface area contributed by atoms with Crippen molar-refractivity contribution in [3.05, 3.63) is 42.7 Å². The van der Waals surface area contributed by atoms with Crippen molar-refractivity contribution >= 4 is 5.69 Å². The minimum atomic E-state index is 0.720. The molecule has 0 saturated carbocycles. The van der Waals surface area contributed by atoms with Crippen LogP contribution < -0.4 is 10.6 Å². The molecule has 1 atom stereocenters. The first-order valence-electron chi connectivity index (χ1n) is 9.16. The molecule has 128 valence electrons. The van der Waals surface area contributed by atoms with E-state index in [1.54, 1.807) is 6.26 Å². The predicted octanol–water partition coefficient (Wildman–Crippen LogP) is 3.20. The van der Waals surface area contributed by atoms with Crippen molar-refractivity contribution in [2.75, 3.05) is 37.6 Å². The van der Waals surface area contributed by atoms with Crippen molar-refractivity contribution in [1.29, 1.82) is 0 Å². The number of benzene rings is 1. The number of furan rings is 1. The maximum Gasteiger partial charge on any atom is 0.133 e. The Bertz CT molecular complexity index is 629. The third kappa shape index (κ3) is 3.21. The summed E-state index contributed by atoms with van der Waals surface area (Å²) >= 11 is 0. The molecule has 4 heteroatoms. The summed E-state index contributed by atoms with van der Waals surface area (Å²) in [5.41, 5.74) is 8.30. The summed E-state index contributed by atoms with van der Waals surface area (Å²) in [6.45, 7) is 5.59. The number of nitrogens with two attached hydrogens (primary N) is 1. The zero-order valence-corrected chi connectivity index (χ0v) is 14.2. The van der Waals surface area contributed by atoms with Gasteiger partial charge in [0.2, 0.25) is 0 Å². The van der Waals surface area contributed by atoms with Crippen LogP contribution in [0.25, 0.3) is 11.3 Å². The van der Waals surface area contributed by atoms with Gasteiger partial charge in [-0.15, -0.1) is 0 Å². The van der Waals surface area contributed by atoms with E-state index >= 15 is 0 Å². The molecule has 2 N–H and O–H groups in total. The smallest absolute Gasteiger partial charge is 0.133 e. The Morgan fingerprint density at radius 2 is 1.79 bits per heavy atom. The van der Waals surface area contributed by atoms with E-state index in [2.05, 4.69) is 34.1 Å². The van der Waals surface area contributed by atoms with E-state index in [0.717, 1.165) is 42.9 Å². The fourth-order valence-electron chi connectivity index (χ4n) is 4.16. The van der Waals surface area contributed by atoms with Crippen LogP contribution in [0.4, 0.5) is 5.69 Å². The molecule has 0 spiro atoms. The quantitative estimate of drug-likeness (QED) is 0.938. The Labute approximate surface area is 144 Å². The first-order chi connectivity index (χ1) is 11.8. The molecule has 0 bridgehead atoms. The molecule has 0 amide bonds. The lowest BCUT2D eigenvalue weighted by Crippen LogP contribution is -2.44. The SMILES string of the molecule is NC[C@@H]1CCN(C2CCN(c3ccc(-c4ccco4)cc3)CC2)C1. The van der Waals surface area contributed by atoms with Crippen LogP contribution in [-0.2, 0) is 0 Å². The van der Waals surface area contributed by atoms with Crippen molar-refractivity contribution < 1.29 is 4.42 Å². The molecule has 24 heavy (non-hydrogen) atoms. The van der Waals surface area contributed by atoms with Crippen LogP contribution in [-0.4, -0.2) is 43.7 Å². The molecule has 3 heterocycles. The molecule has 2 aromatic rings. The van der Waals surface area contributed by atoms with Gasteiger partial charge in [-0.25, -0.2) is 0 Å². The van der Waals surface area contributed by atoms with Gasteiger partial charge in [-0.3, -0.25) is 4.90 Å². The Kier molecular flexibility index (Phi) is 4.58. The second-order valence-corrected chi connectivity index (χ2v) is 7.13. The predicted molar refractivity (Wildman–Crippen MR) is 98.1 cm³/mol. The summed E-state index contributed by atoms with van der Waals surface area (Å²) in [6.07, 6.45) is 5.53. The van der Waals surface area contributed by atoms with Crippen LogP contribution in [0.15, 0.2) is 47.1 Å². The lowest BCUT2D eigenvalue weighted by molar-refractivity contribution is 0.201. The number of anilines is 1. The first-order valence-corrected chi connectivity index (χ1v) is 9.16.